The third kappa shape index (κ3) is 4.75. The fraction of sp³-hybridized carbons (Fsp3) is 0. The average molecular weight is 475 g/mol. The molecule has 0 fully saturated rings. The minimum atomic E-state index is 0.526. The van der Waals surface area contributed by atoms with Crippen LogP contribution in [0, 0.1) is 0 Å². The van der Waals surface area contributed by atoms with Crippen molar-refractivity contribution in [2.45, 2.75) is 0 Å². The molecule has 0 unspecified atom stereocenters. The van der Waals surface area contributed by atoms with Crippen LogP contribution in [0.25, 0.3) is 44.6 Å². The van der Waals surface area contributed by atoms with Crippen LogP contribution in [0.4, 0.5) is 11.6 Å². The van der Waals surface area contributed by atoms with Gasteiger partial charge in [0.25, 0.3) is 0 Å². The minimum Gasteiger partial charge on any atom is -0.307 e. The monoisotopic (exact) mass is 474 g/mol. The fourth-order valence-corrected chi connectivity index (χ4v) is 3.59. The molecular weight excluding hydrogens is 452 g/mol. The number of anilines is 2. The van der Waals surface area contributed by atoms with Crippen molar-refractivity contribution in [3.63, 3.8) is 0 Å². The van der Waals surface area contributed by atoms with E-state index in [1.54, 1.807) is 30.9 Å². The second kappa shape index (κ2) is 10.5. The molecule has 0 saturated carbocycles. The molecule has 0 saturated heterocycles. The molecule has 0 spiro atoms. The Hall–Kier alpha value is -5.06. The molecule has 36 heavy (non-hydrogen) atoms. The molecule has 6 aromatic rings. The molecule has 10 heteroatoms. The van der Waals surface area contributed by atoms with E-state index < -0.39 is 0 Å². The molecule has 4 heterocycles. The highest BCUT2D eigenvalue weighted by molar-refractivity contribution is 5.87. The van der Waals surface area contributed by atoms with Crippen molar-refractivity contribution < 1.29 is 0 Å². The molecule has 4 aromatic heterocycles. The number of hydrogen-bond donors (Lipinski definition) is 4. The van der Waals surface area contributed by atoms with Gasteiger partial charge in [-0.25, -0.2) is 36.6 Å². The van der Waals surface area contributed by atoms with Crippen molar-refractivity contribution in [1.82, 2.24) is 29.9 Å². The SMILES string of the molecule is NNc1nccc2nc(-c3ccccc3)cnc12.NNc1nccc2ncc(-c3ccccc3)nc12. The number of nitrogen functional groups attached to an aromatic ring is 2. The van der Waals surface area contributed by atoms with Gasteiger partial charge in [0.15, 0.2) is 11.6 Å². The molecule has 6 N–H and O–H groups in total. The van der Waals surface area contributed by atoms with Gasteiger partial charge in [0.05, 0.1) is 34.8 Å². The number of pyridine rings is 2. The molecule has 0 radical (unpaired) electrons. The lowest BCUT2D eigenvalue weighted by molar-refractivity contribution is 1.20. The minimum absolute atomic E-state index is 0.526. The lowest BCUT2D eigenvalue weighted by Gasteiger charge is -2.05. The lowest BCUT2D eigenvalue weighted by atomic mass is 10.1. The third-order valence-electron chi connectivity index (χ3n) is 5.33. The predicted octanol–water partition coefficient (Wildman–Crippen LogP) is 3.95. The Kier molecular flexibility index (Phi) is 6.61. The number of nitrogens with two attached hydrogens (primary N) is 2. The normalized spacial score (nSPS) is 10.5. The van der Waals surface area contributed by atoms with Crippen LogP contribution in [0.1, 0.15) is 0 Å². The Morgan fingerprint density at radius 1 is 0.500 bits per heavy atom. The van der Waals surface area contributed by atoms with Crippen LogP contribution < -0.4 is 22.5 Å². The predicted molar refractivity (Wildman–Crippen MR) is 141 cm³/mol. The molecule has 0 bridgehead atoms. The number of rotatable bonds is 4. The van der Waals surface area contributed by atoms with Crippen LogP contribution >= 0.6 is 0 Å². The van der Waals surface area contributed by atoms with Crippen molar-refractivity contribution >= 4 is 33.7 Å². The highest BCUT2D eigenvalue weighted by atomic mass is 15.3. The van der Waals surface area contributed by atoms with Gasteiger partial charge in [0, 0.05) is 23.5 Å². The van der Waals surface area contributed by atoms with Crippen molar-refractivity contribution in [3.8, 4) is 22.5 Å². The van der Waals surface area contributed by atoms with Gasteiger partial charge in [-0.1, -0.05) is 60.7 Å². The molecule has 10 nitrogen and oxygen atoms in total. The van der Waals surface area contributed by atoms with Crippen molar-refractivity contribution in [2.75, 3.05) is 10.9 Å². The molecular formula is C26H22N10. The molecule has 176 valence electrons. The van der Waals surface area contributed by atoms with Crippen molar-refractivity contribution in [2.24, 2.45) is 11.7 Å². The summed E-state index contributed by atoms with van der Waals surface area (Å²) in [7, 11) is 0. The second-order valence-corrected chi connectivity index (χ2v) is 7.59. The van der Waals surface area contributed by atoms with Crippen molar-refractivity contribution in [1.29, 1.82) is 0 Å². The summed E-state index contributed by atoms with van der Waals surface area (Å²) in [5, 5.41) is 0. The standard InChI is InChI=1S/2C13H11N5/c14-18-13-12-10(6-7-15-13)17-11(8-16-12)9-4-2-1-3-5-9;14-18-13-12-10(6-7-15-13)16-8-11(17-12)9-4-2-1-3-5-9/h2*1-8H,14H2,(H,15,18). The molecule has 0 aliphatic heterocycles. The summed E-state index contributed by atoms with van der Waals surface area (Å²) in [6.45, 7) is 0. The van der Waals surface area contributed by atoms with E-state index in [-0.39, 0.29) is 0 Å². The summed E-state index contributed by atoms with van der Waals surface area (Å²) in [4.78, 5) is 26.0. The van der Waals surface area contributed by atoms with Gasteiger partial charge in [-0.3, -0.25) is 4.98 Å². The van der Waals surface area contributed by atoms with Gasteiger partial charge in [-0.05, 0) is 12.1 Å². The highest BCUT2D eigenvalue weighted by Crippen LogP contribution is 2.22. The van der Waals surface area contributed by atoms with E-state index >= 15 is 0 Å². The van der Waals surface area contributed by atoms with E-state index in [4.69, 9.17) is 11.7 Å². The number of nitrogens with one attached hydrogen (secondary N) is 2. The maximum atomic E-state index is 5.42. The number of benzene rings is 2. The number of fused-ring (bicyclic) bond motifs is 2. The quantitative estimate of drug-likeness (QED) is 0.218. The Morgan fingerprint density at radius 2 is 1.03 bits per heavy atom. The first-order chi connectivity index (χ1) is 17.8. The zero-order chi connectivity index (χ0) is 24.7. The van der Waals surface area contributed by atoms with Crippen molar-refractivity contribution in [3.05, 3.63) is 97.6 Å². The number of hydrogen-bond acceptors (Lipinski definition) is 10. The fourth-order valence-electron chi connectivity index (χ4n) is 3.59. The summed E-state index contributed by atoms with van der Waals surface area (Å²) in [5.41, 5.74) is 11.6. The van der Waals surface area contributed by atoms with Gasteiger partial charge < -0.3 is 10.9 Å². The average Bonchev–Trinajstić information content (AvgIpc) is 2.97. The van der Waals surface area contributed by atoms with E-state index in [1.165, 1.54) is 0 Å². The summed E-state index contributed by atoms with van der Waals surface area (Å²) >= 11 is 0. The van der Waals surface area contributed by atoms with E-state index in [9.17, 15) is 0 Å². The Morgan fingerprint density at radius 3 is 1.64 bits per heavy atom. The smallest absolute Gasteiger partial charge is 0.168 e. The van der Waals surface area contributed by atoms with Gasteiger partial charge >= 0.3 is 0 Å². The van der Waals surface area contributed by atoms with Gasteiger partial charge in [0.2, 0.25) is 0 Å². The number of nitrogens with zero attached hydrogens (tertiary/aromatic N) is 6. The highest BCUT2D eigenvalue weighted by Gasteiger charge is 2.07. The summed E-state index contributed by atoms with van der Waals surface area (Å²) in [6.07, 6.45) is 6.77. The van der Waals surface area contributed by atoms with Crippen LogP contribution in [0.5, 0.6) is 0 Å². The van der Waals surface area contributed by atoms with Gasteiger partial charge in [-0.15, -0.1) is 0 Å². The first kappa shape index (κ1) is 22.7. The zero-order valence-electron chi connectivity index (χ0n) is 19.1. The summed E-state index contributed by atoms with van der Waals surface area (Å²) < 4.78 is 0. The molecule has 0 aliphatic carbocycles. The van der Waals surface area contributed by atoms with E-state index in [2.05, 4.69) is 40.8 Å². The van der Waals surface area contributed by atoms with E-state index in [0.717, 1.165) is 33.5 Å². The first-order valence-corrected chi connectivity index (χ1v) is 11.0. The summed E-state index contributed by atoms with van der Waals surface area (Å²) in [5.74, 6) is 11.9. The van der Waals surface area contributed by atoms with Gasteiger partial charge in [-0.2, -0.15) is 0 Å². The topological polar surface area (TPSA) is 153 Å². The lowest BCUT2D eigenvalue weighted by Crippen LogP contribution is -2.09. The van der Waals surface area contributed by atoms with Crippen LogP contribution in [-0.4, -0.2) is 29.9 Å². The molecule has 0 amide bonds. The number of aromatic nitrogens is 6. The largest absolute Gasteiger partial charge is 0.307 e. The number of hydrazine groups is 2. The maximum absolute atomic E-state index is 5.42. The molecule has 6 rings (SSSR count). The van der Waals surface area contributed by atoms with Crippen LogP contribution in [-0.2, 0) is 0 Å². The van der Waals surface area contributed by atoms with Gasteiger partial charge in [0.1, 0.15) is 11.0 Å². The maximum Gasteiger partial charge on any atom is 0.168 e. The zero-order valence-corrected chi connectivity index (χ0v) is 19.1. The summed E-state index contributed by atoms with van der Waals surface area (Å²) in [6, 6.07) is 23.4. The molecule has 0 aliphatic rings. The first-order valence-electron chi connectivity index (χ1n) is 11.0. The third-order valence-corrected chi connectivity index (χ3v) is 5.33. The Balaban J connectivity index is 0.000000148. The molecule has 2 aromatic carbocycles. The molecule has 0 atom stereocenters. The van der Waals surface area contributed by atoms with Crippen LogP contribution in [0.2, 0.25) is 0 Å². The Bertz CT molecular complexity index is 1610. The second-order valence-electron chi connectivity index (χ2n) is 7.59. The Labute approximate surface area is 206 Å². The van der Waals surface area contributed by atoms with Crippen LogP contribution in [0.15, 0.2) is 97.6 Å². The van der Waals surface area contributed by atoms with E-state index in [0.29, 0.717) is 22.7 Å². The van der Waals surface area contributed by atoms with E-state index in [1.807, 2.05) is 66.7 Å². The van der Waals surface area contributed by atoms with Crippen LogP contribution in [0.3, 0.4) is 0 Å².